The second-order valence-electron chi connectivity index (χ2n) is 3.80. The first kappa shape index (κ1) is 10.6. The van der Waals surface area contributed by atoms with Crippen molar-refractivity contribution in [2.24, 2.45) is 0 Å². The summed E-state index contributed by atoms with van der Waals surface area (Å²) in [6.45, 7) is 2.56. The normalized spacial score (nSPS) is 10.1. The summed E-state index contributed by atoms with van der Waals surface area (Å²) < 4.78 is 5.65. The van der Waals surface area contributed by atoms with Gasteiger partial charge < -0.3 is 10.5 Å². The Morgan fingerprint density at radius 2 is 1.69 bits per heavy atom. The van der Waals surface area contributed by atoms with Crippen LogP contribution in [0.25, 0.3) is 0 Å². The molecule has 0 unspecified atom stereocenters. The first-order chi connectivity index (χ1) is 7.75. The van der Waals surface area contributed by atoms with Gasteiger partial charge in [-0.05, 0) is 25.1 Å². The average molecular weight is 213 g/mol. The Morgan fingerprint density at radius 1 is 1.00 bits per heavy atom. The number of hydrogen-bond donors (Lipinski definition) is 1. The zero-order valence-electron chi connectivity index (χ0n) is 9.31. The van der Waals surface area contributed by atoms with E-state index in [0.717, 1.165) is 17.0 Å². The van der Waals surface area contributed by atoms with Crippen LogP contribution < -0.4 is 10.5 Å². The van der Waals surface area contributed by atoms with Gasteiger partial charge in [0.2, 0.25) is 0 Å². The fourth-order valence-electron chi connectivity index (χ4n) is 1.46. The van der Waals surface area contributed by atoms with E-state index in [1.54, 1.807) is 0 Å². The third-order valence-corrected chi connectivity index (χ3v) is 2.47. The Labute approximate surface area is 95.7 Å². The number of para-hydroxylation sites is 1. The van der Waals surface area contributed by atoms with Crippen molar-refractivity contribution in [3.8, 4) is 5.75 Å². The Balaban J connectivity index is 2.02. The van der Waals surface area contributed by atoms with Crippen LogP contribution in [0.1, 0.15) is 11.1 Å². The molecule has 2 N–H and O–H groups in total. The zero-order chi connectivity index (χ0) is 11.4. The smallest absolute Gasteiger partial charge is 0.119 e. The molecule has 2 aromatic rings. The van der Waals surface area contributed by atoms with E-state index in [1.165, 1.54) is 5.56 Å². The summed E-state index contributed by atoms with van der Waals surface area (Å²) in [5.41, 5.74) is 8.85. The van der Waals surface area contributed by atoms with Crippen LogP contribution in [-0.2, 0) is 6.61 Å². The number of rotatable bonds is 3. The van der Waals surface area contributed by atoms with Crippen LogP contribution in [0.2, 0.25) is 0 Å². The van der Waals surface area contributed by atoms with Crippen LogP contribution >= 0.6 is 0 Å². The van der Waals surface area contributed by atoms with Gasteiger partial charge in [0.25, 0.3) is 0 Å². The van der Waals surface area contributed by atoms with Crippen LogP contribution in [0, 0.1) is 6.92 Å². The minimum absolute atomic E-state index is 0.510. The van der Waals surface area contributed by atoms with Gasteiger partial charge in [-0.3, -0.25) is 0 Å². The van der Waals surface area contributed by atoms with Crippen molar-refractivity contribution in [2.75, 3.05) is 5.73 Å². The summed E-state index contributed by atoms with van der Waals surface area (Å²) in [6.07, 6.45) is 0. The number of anilines is 1. The lowest BCUT2D eigenvalue weighted by atomic mass is 10.2. The molecule has 0 aliphatic heterocycles. The van der Waals surface area contributed by atoms with Crippen LogP contribution in [0.3, 0.4) is 0 Å². The largest absolute Gasteiger partial charge is 0.489 e. The molecule has 2 aromatic carbocycles. The van der Waals surface area contributed by atoms with Crippen molar-refractivity contribution in [1.29, 1.82) is 0 Å². The van der Waals surface area contributed by atoms with E-state index >= 15 is 0 Å². The number of aryl methyl sites for hydroxylation is 1. The predicted octanol–water partition coefficient (Wildman–Crippen LogP) is 3.16. The summed E-state index contributed by atoms with van der Waals surface area (Å²) in [7, 11) is 0. The van der Waals surface area contributed by atoms with E-state index < -0.39 is 0 Å². The fraction of sp³-hybridized carbons (Fsp3) is 0.143. The van der Waals surface area contributed by atoms with Gasteiger partial charge in [0.15, 0.2) is 0 Å². The van der Waals surface area contributed by atoms with Gasteiger partial charge in [-0.15, -0.1) is 0 Å². The number of ether oxygens (including phenoxy) is 1. The van der Waals surface area contributed by atoms with Crippen molar-refractivity contribution in [3.63, 3.8) is 0 Å². The van der Waals surface area contributed by atoms with Crippen molar-refractivity contribution < 1.29 is 4.74 Å². The van der Waals surface area contributed by atoms with Gasteiger partial charge >= 0.3 is 0 Å². The molecular formula is C14H15NO. The molecule has 0 saturated heterocycles. The molecule has 0 bridgehead atoms. The van der Waals surface area contributed by atoms with Crippen LogP contribution in [0.15, 0.2) is 48.5 Å². The summed E-state index contributed by atoms with van der Waals surface area (Å²) in [5, 5.41) is 0. The highest BCUT2D eigenvalue weighted by Gasteiger charge is 1.98. The molecule has 16 heavy (non-hydrogen) atoms. The molecule has 0 atom stereocenters. The monoisotopic (exact) mass is 213 g/mol. The quantitative estimate of drug-likeness (QED) is 0.795. The summed E-state index contributed by atoms with van der Waals surface area (Å²) >= 11 is 0. The Morgan fingerprint density at radius 3 is 2.38 bits per heavy atom. The van der Waals surface area contributed by atoms with Gasteiger partial charge in [0.05, 0.1) is 0 Å². The van der Waals surface area contributed by atoms with Crippen molar-refractivity contribution in [1.82, 2.24) is 0 Å². The molecule has 0 spiro atoms. The van der Waals surface area contributed by atoms with Gasteiger partial charge in [-0.25, -0.2) is 0 Å². The molecule has 0 saturated carbocycles. The molecule has 0 aliphatic carbocycles. The summed E-state index contributed by atoms with van der Waals surface area (Å²) in [5.74, 6) is 0.869. The topological polar surface area (TPSA) is 35.2 Å². The molecule has 82 valence electrons. The van der Waals surface area contributed by atoms with Gasteiger partial charge in [0, 0.05) is 11.3 Å². The molecule has 2 heteroatoms. The Bertz CT molecular complexity index is 462. The summed E-state index contributed by atoms with van der Waals surface area (Å²) in [4.78, 5) is 0. The highest BCUT2D eigenvalue weighted by atomic mass is 16.5. The van der Waals surface area contributed by atoms with Crippen LogP contribution in [0.4, 0.5) is 5.69 Å². The lowest BCUT2D eigenvalue weighted by Crippen LogP contribution is -1.99. The van der Waals surface area contributed by atoms with Crippen molar-refractivity contribution in [3.05, 3.63) is 59.7 Å². The third-order valence-electron chi connectivity index (χ3n) is 2.47. The predicted molar refractivity (Wildman–Crippen MR) is 66.4 cm³/mol. The molecule has 0 amide bonds. The number of nitrogens with two attached hydrogens (primary N) is 1. The van der Waals surface area contributed by atoms with Crippen LogP contribution in [-0.4, -0.2) is 0 Å². The van der Waals surface area contributed by atoms with Gasteiger partial charge in [0.1, 0.15) is 12.4 Å². The number of hydrogen-bond acceptors (Lipinski definition) is 2. The standard InChI is InChI=1S/C14H15NO/c1-11-6-8-13(9-7-11)16-10-12-4-2-3-5-14(12)15/h2-9H,10,15H2,1H3. The van der Waals surface area contributed by atoms with E-state index in [4.69, 9.17) is 10.5 Å². The maximum Gasteiger partial charge on any atom is 0.119 e. The number of benzene rings is 2. The van der Waals surface area contributed by atoms with E-state index in [2.05, 4.69) is 6.92 Å². The third kappa shape index (κ3) is 2.54. The molecule has 0 radical (unpaired) electrons. The second-order valence-corrected chi connectivity index (χ2v) is 3.80. The minimum Gasteiger partial charge on any atom is -0.489 e. The van der Waals surface area contributed by atoms with Crippen LogP contribution in [0.5, 0.6) is 5.75 Å². The summed E-state index contributed by atoms with van der Waals surface area (Å²) in [6, 6.07) is 15.7. The van der Waals surface area contributed by atoms with Crippen molar-refractivity contribution in [2.45, 2.75) is 13.5 Å². The number of nitrogen functional groups attached to an aromatic ring is 1. The molecule has 2 nitrogen and oxygen atoms in total. The SMILES string of the molecule is Cc1ccc(OCc2ccccc2N)cc1. The van der Waals surface area contributed by atoms with E-state index in [0.29, 0.717) is 6.61 Å². The first-order valence-corrected chi connectivity index (χ1v) is 5.28. The molecule has 0 aliphatic rings. The minimum atomic E-state index is 0.510. The molecular weight excluding hydrogens is 198 g/mol. The lowest BCUT2D eigenvalue weighted by Gasteiger charge is -2.08. The maximum absolute atomic E-state index is 5.83. The maximum atomic E-state index is 5.83. The van der Waals surface area contributed by atoms with E-state index in [1.807, 2.05) is 48.5 Å². The van der Waals surface area contributed by atoms with Gasteiger partial charge in [-0.2, -0.15) is 0 Å². The van der Waals surface area contributed by atoms with E-state index in [9.17, 15) is 0 Å². The second kappa shape index (κ2) is 4.71. The molecule has 0 aromatic heterocycles. The fourth-order valence-corrected chi connectivity index (χ4v) is 1.46. The zero-order valence-corrected chi connectivity index (χ0v) is 9.31. The van der Waals surface area contributed by atoms with Gasteiger partial charge in [-0.1, -0.05) is 35.9 Å². The Kier molecular flexibility index (Phi) is 3.10. The molecule has 2 rings (SSSR count). The Hall–Kier alpha value is -1.96. The average Bonchev–Trinajstić information content (AvgIpc) is 2.30. The van der Waals surface area contributed by atoms with Crippen molar-refractivity contribution >= 4 is 5.69 Å². The first-order valence-electron chi connectivity index (χ1n) is 5.28. The molecule has 0 fully saturated rings. The molecule has 0 heterocycles. The lowest BCUT2D eigenvalue weighted by molar-refractivity contribution is 0.307. The highest BCUT2D eigenvalue weighted by Crippen LogP contribution is 2.16. The van der Waals surface area contributed by atoms with E-state index in [-0.39, 0.29) is 0 Å². The highest BCUT2D eigenvalue weighted by molar-refractivity contribution is 5.46.